The van der Waals surface area contributed by atoms with Crippen molar-refractivity contribution >= 4 is 17.7 Å². The van der Waals surface area contributed by atoms with Crippen LogP contribution in [0, 0.1) is 11.3 Å². The highest BCUT2D eigenvalue weighted by Gasteiger charge is 2.28. The molecule has 0 saturated carbocycles. The summed E-state index contributed by atoms with van der Waals surface area (Å²) in [6.07, 6.45) is 0.168. The molecule has 2 rings (SSSR count). The Morgan fingerprint density at radius 1 is 1.35 bits per heavy atom. The second-order valence-corrected chi connectivity index (χ2v) is 7.44. The van der Waals surface area contributed by atoms with Crippen molar-refractivity contribution in [1.82, 2.24) is 10.6 Å². The maximum Gasteiger partial charge on any atom is 0.408 e. The molecular weight excluding hydrogens is 332 g/mol. The molecule has 1 heterocycles. The number of carbonyl (C=O) groups excluding carboxylic acids is 2. The van der Waals surface area contributed by atoms with E-state index in [0.717, 1.165) is 18.7 Å². The summed E-state index contributed by atoms with van der Waals surface area (Å²) >= 11 is 0. The summed E-state index contributed by atoms with van der Waals surface area (Å²) in [7, 11) is 0. The van der Waals surface area contributed by atoms with Gasteiger partial charge in [-0.25, -0.2) is 4.79 Å². The van der Waals surface area contributed by atoms with Crippen molar-refractivity contribution < 1.29 is 14.3 Å². The van der Waals surface area contributed by atoms with Gasteiger partial charge in [0.05, 0.1) is 11.3 Å². The third-order valence-corrected chi connectivity index (χ3v) is 4.03. The number of para-hydroxylation sites is 1. The highest BCUT2D eigenvalue weighted by Crippen LogP contribution is 2.24. The van der Waals surface area contributed by atoms with Gasteiger partial charge in [-0.1, -0.05) is 12.1 Å². The number of nitrogens with one attached hydrogen (secondary N) is 2. The third kappa shape index (κ3) is 5.38. The molecule has 0 spiro atoms. The largest absolute Gasteiger partial charge is 0.444 e. The topological polar surface area (TPSA) is 94.5 Å². The Kier molecular flexibility index (Phi) is 6.09. The van der Waals surface area contributed by atoms with E-state index in [9.17, 15) is 14.9 Å². The SMILES string of the molecule is C[C@H](NC(=O)OC(C)(C)C)C(=O)N[C@H]1CCN(c2ccccc2C#N)C1. The Morgan fingerprint density at radius 2 is 2.04 bits per heavy atom. The Morgan fingerprint density at radius 3 is 2.69 bits per heavy atom. The lowest BCUT2D eigenvalue weighted by molar-refractivity contribution is -0.123. The number of nitriles is 1. The van der Waals surface area contributed by atoms with Gasteiger partial charge in [-0.05, 0) is 46.2 Å². The summed E-state index contributed by atoms with van der Waals surface area (Å²) in [5.41, 5.74) is 0.895. The predicted octanol–water partition coefficient (Wildman–Crippen LogP) is 2.17. The number of alkyl carbamates (subject to hydrolysis) is 1. The van der Waals surface area contributed by atoms with E-state index in [-0.39, 0.29) is 11.9 Å². The van der Waals surface area contributed by atoms with Gasteiger partial charge >= 0.3 is 6.09 Å². The zero-order valence-corrected chi connectivity index (χ0v) is 15.7. The normalized spacial score (nSPS) is 18.0. The number of rotatable bonds is 4. The molecule has 1 aromatic rings. The molecule has 0 aromatic heterocycles. The minimum Gasteiger partial charge on any atom is -0.444 e. The maximum absolute atomic E-state index is 12.3. The standard InChI is InChI=1S/C19H26N4O3/c1-13(21-18(25)26-19(2,3)4)17(24)22-15-9-10-23(12-15)16-8-6-5-7-14(16)11-20/h5-8,13,15H,9-10,12H2,1-4H3,(H,21,25)(H,22,24)/t13-,15-/m0/s1. The van der Waals surface area contributed by atoms with Crippen molar-refractivity contribution in [2.75, 3.05) is 18.0 Å². The van der Waals surface area contributed by atoms with Gasteiger partial charge < -0.3 is 20.3 Å². The van der Waals surface area contributed by atoms with E-state index < -0.39 is 17.7 Å². The van der Waals surface area contributed by atoms with Gasteiger partial charge in [0.15, 0.2) is 0 Å². The molecule has 1 aromatic carbocycles. The van der Waals surface area contributed by atoms with Crippen LogP contribution in [0.3, 0.4) is 0 Å². The van der Waals surface area contributed by atoms with Crippen LogP contribution in [0.5, 0.6) is 0 Å². The zero-order chi connectivity index (χ0) is 19.3. The van der Waals surface area contributed by atoms with Crippen molar-refractivity contribution in [3.05, 3.63) is 29.8 Å². The van der Waals surface area contributed by atoms with Crippen LogP contribution in [0.25, 0.3) is 0 Å². The Hall–Kier alpha value is -2.75. The molecule has 2 atom stereocenters. The number of carbonyl (C=O) groups is 2. The second-order valence-electron chi connectivity index (χ2n) is 7.44. The Labute approximate surface area is 154 Å². The summed E-state index contributed by atoms with van der Waals surface area (Å²) < 4.78 is 5.16. The van der Waals surface area contributed by atoms with E-state index >= 15 is 0 Å². The van der Waals surface area contributed by atoms with Crippen molar-refractivity contribution in [2.45, 2.75) is 51.8 Å². The first kappa shape index (κ1) is 19.6. The van der Waals surface area contributed by atoms with Crippen molar-refractivity contribution in [3.63, 3.8) is 0 Å². The van der Waals surface area contributed by atoms with Gasteiger partial charge in [0.25, 0.3) is 0 Å². The van der Waals surface area contributed by atoms with Crippen LogP contribution in [0.4, 0.5) is 10.5 Å². The molecule has 2 amide bonds. The van der Waals surface area contributed by atoms with Gasteiger partial charge in [-0.3, -0.25) is 4.79 Å². The highest BCUT2D eigenvalue weighted by atomic mass is 16.6. The minimum absolute atomic E-state index is 0.0304. The molecule has 1 fully saturated rings. The Bertz CT molecular complexity index is 705. The fourth-order valence-corrected chi connectivity index (χ4v) is 2.82. The van der Waals surface area contributed by atoms with Crippen LogP contribution in [0.15, 0.2) is 24.3 Å². The average molecular weight is 358 g/mol. The first-order chi connectivity index (χ1) is 12.2. The molecule has 26 heavy (non-hydrogen) atoms. The average Bonchev–Trinajstić information content (AvgIpc) is 3.01. The van der Waals surface area contributed by atoms with Crippen molar-refractivity contribution in [2.24, 2.45) is 0 Å². The number of nitrogens with zero attached hydrogens (tertiary/aromatic N) is 2. The summed E-state index contributed by atoms with van der Waals surface area (Å²) in [6, 6.07) is 8.91. The van der Waals surface area contributed by atoms with Crippen LogP contribution >= 0.6 is 0 Å². The van der Waals surface area contributed by atoms with Gasteiger partial charge in [-0.15, -0.1) is 0 Å². The van der Waals surface area contributed by atoms with E-state index in [2.05, 4.69) is 21.6 Å². The van der Waals surface area contributed by atoms with Gasteiger partial charge in [0.2, 0.25) is 5.91 Å². The van der Waals surface area contributed by atoms with E-state index in [1.807, 2.05) is 18.2 Å². The lowest BCUT2D eigenvalue weighted by Gasteiger charge is -2.23. The smallest absolute Gasteiger partial charge is 0.408 e. The zero-order valence-electron chi connectivity index (χ0n) is 15.7. The van der Waals surface area contributed by atoms with Crippen molar-refractivity contribution in [1.29, 1.82) is 5.26 Å². The lowest BCUT2D eigenvalue weighted by atomic mass is 10.2. The minimum atomic E-state index is -0.690. The third-order valence-electron chi connectivity index (χ3n) is 4.03. The molecule has 0 radical (unpaired) electrons. The number of ether oxygens (including phenoxy) is 1. The van der Waals surface area contributed by atoms with Gasteiger partial charge in [-0.2, -0.15) is 5.26 Å². The lowest BCUT2D eigenvalue weighted by Crippen LogP contribution is -2.49. The quantitative estimate of drug-likeness (QED) is 0.860. The summed E-state index contributed by atoms with van der Waals surface area (Å²) in [4.78, 5) is 26.2. The highest BCUT2D eigenvalue weighted by molar-refractivity contribution is 5.85. The van der Waals surface area contributed by atoms with Crippen LogP contribution < -0.4 is 15.5 Å². The molecule has 0 aliphatic carbocycles. The molecular formula is C19H26N4O3. The predicted molar refractivity (Wildman–Crippen MR) is 98.7 cm³/mol. The second kappa shape index (κ2) is 8.09. The van der Waals surface area contributed by atoms with E-state index in [1.165, 1.54) is 0 Å². The number of anilines is 1. The van der Waals surface area contributed by atoms with Gasteiger partial charge in [0, 0.05) is 19.1 Å². The molecule has 1 saturated heterocycles. The molecule has 0 bridgehead atoms. The van der Waals surface area contributed by atoms with Crippen LogP contribution in [-0.2, 0) is 9.53 Å². The van der Waals surface area contributed by atoms with E-state index in [4.69, 9.17) is 4.74 Å². The summed E-state index contributed by atoms with van der Waals surface area (Å²) in [5.74, 6) is -0.253. The first-order valence-electron chi connectivity index (χ1n) is 8.73. The molecule has 2 N–H and O–H groups in total. The summed E-state index contributed by atoms with van der Waals surface area (Å²) in [5, 5.41) is 14.7. The fourth-order valence-electron chi connectivity index (χ4n) is 2.82. The Balaban J connectivity index is 1.87. The van der Waals surface area contributed by atoms with E-state index in [1.54, 1.807) is 33.8 Å². The first-order valence-corrected chi connectivity index (χ1v) is 8.73. The number of hydrogen-bond donors (Lipinski definition) is 2. The van der Waals surface area contributed by atoms with Crippen LogP contribution in [0.2, 0.25) is 0 Å². The molecule has 140 valence electrons. The fraction of sp³-hybridized carbons (Fsp3) is 0.526. The van der Waals surface area contributed by atoms with Crippen LogP contribution in [0.1, 0.15) is 39.7 Å². The maximum atomic E-state index is 12.3. The molecule has 0 unspecified atom stereocenters. The molecule has 7 nitrogen and oxygen atoms in total. The van der Waals surface area contributed by atoms with Gasteiger partial charge in [0.1, 0.15) is 17.7 Å². The van der Waals surface area contributed by atoms with E-state index in [0.29, 0.717) is 12.1 Å². The summed E-state index contributed by atoms with van der Waals surface area (Å²) in [6.45, 7) is 8.31. The molecule has 1 aliphatic rings. The van der Waals surface area contributed by atoms with Crippen LogP contribution in [-0.4, -0.2) is 42.8 Å². The number of amides is 2. The molecule has 7 heteroatoms. The molecule has 1 aliphatic heterocycles. The van der Waals surface area contributed by atoms with Crippen molar-refractivity contribution in [3.8, 4) is 6.07 Å². The monoisotopic (exact) mass is 358 g/mol. The number of hydrogen-bond acceptors (Lipinski definition) is 5. The number of benzene rings is 1.